The topological polar surface area (TPSA) is 57.7 Å². The van der Waals surface area contributed by atoms with Crippen LogP contribution in [0.15, 0.2) is 40.6 Å². The molecule has 1 aliphatic heterocycles. The van der Waals surface area contributed by atoms with Gasteiger partial charge in [-0.05, 0) is 36.8 Å². The summed E-state index contributed by atoms with van der Waals surface area (Å²) in [4.78, 5) is 15.1. The highest BCUT2D eigenvalue weighted by Gasteiger charge is 2.30. The van der Waals surface area contributed by atoms with Crippen molar-refractivity contribution in [2.24, 2.45) is 0 Å². The molecule has 0 saturated carbocycles. The van der Waals surface area contributed by atoms with Crippen LogP contribution in [0, 0.1) is 6.92 Å². The minimum Gasteiger partial charge on any atom is -0.340 e. The Morgan fingerprint density at radius 3 is 2.28 bits per heavy atom. The maximum absolute atomic E-state index is 12.6. The number of sulfonamides is 1. The fraction of sp³-hybridized carbons (Fsp3) is 0.353. The second kappa shape index (κ2) is 7.45. The number of amides is 1. The van der Waals surface area contributed by atoms with Crippen molar-refractivity contribution in [3.8, 4) is 0 Å². The molecule has 3 rings (SSSR count). The molecule has 8 heteroatoms. The molecule has 1 aliphatic rings. The molecule has 0 N–H and O–H groups in total. The Morgan fingerprint density at radius 2 is 1.72 bits per heavy atom. The van der Waals surface area contributed by atoms with Crippen molar-refractivity contribution in [1.29, 1.82) is 0 Å². The van der Waals surface area contributed by atoms with Gasteiger partial charge in [0.2, 0.25) is 5.91 Å². The standard InChI is InChI=1S/C17H19ClN2O3S2/c1-13-2-7-17(24-13)25(22,23)20-10-8-19(9-11-20)16(21)12-14-3-5-15(18)6-4-14/h2-7H,8-12H2,1H3. The number of hydrogen-bond acceptors (Lipinski definition) is 4. The first kappa shape index (κ1) is 18.4. The molecule has 0 aliphatic carbocycles. The van der Waals surface area contributed by atoms with E-state index < -0.39 is 10.0 Å². The molecule has 134 valence electrons. The molecule has 2 heterocycles. The highest BCUT2D eigenvalue weighted by Crippen LogP contribution is 2.25. The molecular weight excluding hydrogens is 380 g/mol. The Balaban J connectivity index is 1.59. The number of piperazine rings is 1. The quantitative estimate of drug-likeness (QED) is 0.795. The molecule has 0 radical (unpaired) electrons. The fourth-order valence-electron chi connectivity index (χ4n) is 2.74. The van der Waals surface area contributed by atoms with Crippen LogP contribution in [0.4, 0.5) is 0 Å². The average Bonchev–Trinajstić information content (AvgIpc) is 3.04. The first-order valence-corrected chi connectivity index (χ1v) is 10.6. The number of nitrogens with zero attached hydrogens (tertiary/aromatic N) is 2. The van der Waals surface area contributed by atoms with E-state index in [1.807, 2.05) is 25.1 Å². The van der Waals surface area contributed by atoms with E-state index in [1.165, 1.54) is 15.6 Å². The Labute approximate surface area is 156 Å². The van der Waals surface area contributed by atoms with Crippen LogP contribution < -0.4 is 0 Å². The minimum atomic E-state index is -3.45. The zero-order valence-electron chi connectivity index (χ0n) is 13.8. The van der Waals surface area contributed by atoms with Gasteiger partial charge >= 0.3 is 0 Å². The maximum atomic E-state index is 12.6. The zero-order valence-corrected chi connectivity index (χ0v) is 16.2. The number of thiophene rings is 1. The smallest absolute Gasteiger partial charge is 0.252 e. The lowest BCUT2D eigenvalue weighted by molar-refractivity contribution is -0.131. The first-order chi connectivity index (χ1) is 11.9. The number of hydrogen-bond donors (Lipinski definition) is 0. The summed E-state index contributed by atoms with van der Waals surface area (Å²) in [6, 6.07) is 10.6. The summed E-state index contributed by atoms with van der Waals surface area (Å²) >= 11 is 7.13. The van der Waals surface area contributed by atoms with Crippen LogP contribution >= 0.6 is 22.9 Å². The van der Waals surface area contributed by atoms with Crippen LogP contribution in [0.1, 0.15) is 10.4 Å². The lowest BCUT2D eigenvalue weighted by atomic mass is 10.1. The van der Waals surface area contributed by atoms with Crippen molar-refractivity contribution in [3.63, 3.8) is 0 Å². The van der Waals surface area contributed by atoms with Crippen molar-refractivity contribution >= 4 is 38.9 Å². The van der Waals surface area contributed by atoms with Crippen LogP contribution in [-0.2, 0) is 21.2 Å². The molecule has 2 aromatic rings. The van der Waals surface area contributed by atoms with Gasteiger partial charge < -0.3 is 4.90 Å². The van der Waals surface area contributed by atoms with Crippen molar-refractivity contribution in [1.82, 2.24) is 9.21 Å². The Kier molecular flexibility index (Phi) is 5.48. The highest BCUT2D eigenvalue weighted by atomic mass is 35.5. The van der Waals surface area contributed by atoms with Crippen LogP contribution in [0.25, 0.3) is 0 Å². The van der Waals surface area contributed by atoms with Gasteiger partial charge in [0, 0.05) is 36.1 Å². The predicted molar refractivity (Wildman–Crippen MR) is 99.6 cm³/mol. The number of carbonyl (C=O) groups is 1. The summed E-state index contributed by atoms with van der Waals surface area (Å²) in [6.45, 7) is 3.36. The van der Waals surface area contributed by atoms with Gasteiger partial charge in [-0.25, -0.2) is 8.42 Å². The summed E-state index contributed by atoms with van der Waals surface area (Å²) in [5.41, 5.74) is 0.901. The zero-order chi connectivity index (χ0) is 18.0. The molecule has 25 heavy (non-hydrogen) atoms. The molecule has 0 unspecified atom stereocenters. The lowest BCUT2D eigenvalue weighted by Crippen LogP contribution is -2.50. The second-order valence-electron chi connectivity index (χ2n) is 5.95. The third-order valence-electron chi connectivity index (χ3n) is 4.17. The van der Waals surface area contributed by atoms with Crippen molar-refractivity contribution in [3.05, 3.63) is 51.9 Å². The van der Waals surface area contributed by atoms with E-state index in [-0.39, 0.29) is 5.91 Å². The molecular formula is C17H19ClN2O3S2. The van der Waals surface area contributed by atoms with Gasteiger partial charge in [-0.2, -0.15) is 4.31 Å². The van der Waals surface area contributed by atoms with Crippen LogP contribution in [0.5, 0.6) is 0 Å². The fourth-order valence-corrected chi connectivity index (χ4v) is 5.73. The van der Waals surface area contributed by atoms with Gasteiger partial charge in [0.1, 0.15) is 4.21 Å². The monoisotopic (exact) mass is 398 g/mol. The number of aryl methyl sites for hydroxylation is 1. The highest BCUT2D eigenvalue weighted by molar-refractivity contribution is 7.91. The second-order valence-corrected chi connectivity index (χ2v) is 9.84. The summed E-state index contributed by atoms with van der Waals surface area (Å²) in [5.74, 6) is 0.00587. The van der Waals surface area contributed by atoms with Crippen LogP contribution in [0.3, 0.4) is 0 Å². The van der Waals surface area contributed by atoms with Gasteiger partial charge in [0.25, 0.3) is 10.0 Å². The third-order valence-corrected chi connectivity index (χ3v) is 7.79. The van der Waals surface area contributed by atoms with E-state index in [1.54, 1.807) is 23.1 Å². The molecule has 0 spiro atoms. The molecule has 1 aromatic carbocycles. The maximum Gasteiger partial charge on any atom is 0.252 e. The normalized spacial score (nSPS) is 16.2. The van der Waals surface area contributed by atoms with Crippen LogP contribution in [0.2, 0.25) is 5.02 Å². The van der Waals surface area contributed by atoms with Gasteiger partial charge in [-0.1, -0.05) is 23.7 Å². The van der Waals surface area contributed by atoms with E-state index >= 15 is 0 Å². The summed E-state index contributed by atoms with van der Waals surface area (Å²) in [6.07, 6.45) is 0.300. The largest absolute Gasteiger partial charge is 0.340 e. The molecule has 1 aromatic heterocycles. The summed E-state index contributed by atoms with van der Waals surface area (Å²) in [7, 11) is -3.45. The minimum absolute atomic E-state index is 0.00587. The van der Waals surface area contributed by atoms with E-state index in [9.17, 15) is 13.2 Å². The van der Waals surface area contributed by atoms with Crippen molar-refractivity contribution in [2.45, 2.75) is 17.6 Å². The Morgan fingerprint density at radius 1 is 1.08 bits per heavy atom. The molecule has 1 amide bonds. The third kappa shape index (κ3) is 4.23. The van der Waals surface area contributed by atoms with Gasteiger partial charge in [-0.3, -0.25) is 4.79 Å². The van der Waals surface area contributed by atoms with Gasteiger partial charge in [0.05, 0.1) is 6.42 Å². The average molecular weight is 399 g/mol. The summed E-state index contributed by atoms with van der Waals surface area (Å²) < 4.78 is 27.1. The van der Waals surface area contributed by atoms with E-state index in [4.69, 9.17) is 11.6 Å². The lowest BCUT2D eigenvalue weighted by Gasteiger charge is -2.33. The van der Waals surface area contributed by atoms with E-state index in [2.05, 4.69) is 0 Å². The van der Waals surface area contributed by atoms with Crippen molar-refractivity contribution < 1.29 is 13.2 Å². The molecule has 0 atom stereocenters. The number of carbonyl (C=O) groups excluding carboxylic acids is 1. The molecule has 1 fully saturated rings. The number of benzene rings is 1. The molecule has 1 saturated heterocycles. The van der Waals surface area contributed by atoms with Gasteiger partial charge in [0.15, 0.2) is 0 Å². The van der Waals surface area contributed by atoms with Crippen molar-refractivity contribution in [2.75, 3.05) is 26.2 Å². The molecule has 0 bridgehead atoms. The number of halogens is 1. The molecule has 5 nitrogen and oxygen atoms in total. The van der Waals surface area contributed by atoms with E-state index in [0.29, 0.717) is 41.8 Å². The Hall–Kier alpha value is -1.41. The predicted octanol–water partition coefficient (Wildman–Crippen LogP) is 2.79. The van der Waals surface area contributed by atoms with E-state index in [0.717, 1.165) is 10.4 Å². The summed E-state index contributed by atoms with van der Waals surface area (Å²) in [5, 5.41) is 0.638. The first-order valence-electron chi connectivity index (χ1n) is 7.95. The van der Waals surface area contributed by atoms with Gasteiger partial charge in [-0.15, -0.1) is 11.3 Å². The number of rotatable bonds is 4. The van der Waals surface area contributed by atoms with Crippen LogP contribution in [-0.4, -0.2) is 49.7 Å². The Bertz CT molecular complexity index is 854. The SMILES string of the molecule is Cc1ccc(S(=O)(=O)N2CCN(C(=O)Cc3ccc(Cl)cc3)CC2)s1.